The molecule has 6 nitrogen and oxygen atoms in total. The molecule has 2 heterocycles. The fraction of sp³-hybridized carbons (Fsp3) is 0.333. The van der Waals surface area contributed by atoms with Crippen molar-refractivity contribution in [3.63, 3.8) is 0 Å². The average Bonchev–Trinajstić information content (AvgIpc) is 2.77. The summed E-state index contributed by atoms with van der Waals surface area (Å²) in [7, 11) is 0. The van der Waals surface area contributed by atoms with Crippen molar-refractivity contribution in [1.29, 1.82) is 0 Å². The van der Waals surface area contributed by atoms with Crippen LogP contribution in [0.3, 0.4) is 0 Å². The van der Waals surface area contributed by atoms with Crippen molar-refractivity contribution >= 4 is 5.78 Å². The molecule has 2 aromatic heterocycles. The minimum atomic E-state index is -0.00347. The molecule has 0 saturated heterocycles. The lowest BCUT2D eigenvalue weighted by atomic mass is 10.3. The van der Waals surface area contributed by atoms with Gasteiger partial charge in [0.05, 0.1) is 18.3 Å². The Bertz CT molecular complexity index is 486. The van der Waals surface area contributed by atoms with Gasteiger partial charge in [-0.2, -0.15) is 5.10 Å². The van der Waals surface area contributed by atoms with E-state index in [4.69, 9.17) is 0 Å². The number of Topliss-reactive ketones (excluding diaryl/α,β-unsaturated/α-hetero) is 1. The zero-order valence-electron chi connectivity index (χ0n) is 8.47. The Labute approximate surface area is 85.9 Å². The predicted molar refractivity (Wildman–Crippen MR) is 50.4 cm³/mol. The van der Waals surface area contributed by atoms with Crippen LogP contribution in [0.25, 0.3) is 0 Å². The first kappa shape index (κ1) is 9.57. The second kappa shape index (κ2) is 3.64. The van der Waals surface area contributed by atoms with E-state index in [9.17, 15) is 4.79 Å². The minimum Gasteiger partial charge on any atom is -0.294 e. The van der Waals surface area contributed by atoms with Crippen molar-refractivity contribution in [2.45, 2.75) is 20.4 Å². The van der Waals surface area contributed by atoms with Crippen LogP contribution in [0.5, 0.6) is 0 Å². The largest absolute Gasteiger partial charge is 0.294 e. The summed E-state index contributed by atoms with van der Waals surface area (Å²) in [6.45, 7) is 3.77. The number of hydrogen-bond acceptors (Lipinski definition) is 5. The van der Waals surface area contributed by atoms with Gasteiger partial charge in [-0.05, 0) is 13.8 Å². The van der Waals surface area contributed by atoms with Gasteiger partial charge in [0.2, 0.25) is 0 Å². The molecule has 0 atom stereocenters. The molecule has 0 N–H and O–H groups in total. The Morgan fingerprint density at radius 1 is 1.53 bits per heavy atom. The highest BCUT2D eigenvalue weighted by Gasteiger charge is 2.08. The van der Waals surface area contributed by atoms with E-state index in [0.29, 0.717) is 17.8 Å². The van der Waals surface area contributed by atoms with Crippen LogP contribution in [0.1, 0.15) is 28.7 Å². The molecule has 0 unspecified atom stereocenters. The molecule has 0 aliphatic carbocycles. The van der Waals surface area contributed by atoms with E-state index >= 15 is 0 Å². The Morgan fingerprint density at radius 2 is 2.33 bits per heavy atom. The lowest BCUT2D eigenvalue weighted by Gasteiger charge is -1.95. The first-order valence-electron chi connectivity index (χ1n) is 4.48. The molecule has 2 aromatic rings. The van der Waals surface area contributed by atoms with Crippen molar-refractivity contribution in [2.24, 2.45) is 0 Å². The van der Waals surface area contributed by atoms with Crippen LogP contribution >= 0.6 is 0 Å². The Balaban J connectivity index is 2.18. The second-order valence-corrected chi connectivity index (χ2v) is 3.28. The van der Waals surface area contributed by atoms with Gasteiger partial charge in [-0.1, -0.05) is 10.3 Å². The van der Waals surface area contributed by atoms with Crippen molar-refractivity contribution in [3.05, 3.63) is 29.3 Å². The summed E-state index contributed by atoms with van der Waals surface area (Å²) in [6.07, 6.45) is 3.21. The second-order valence-electron chi connectivity index (χ2n) is 3.28. The molecule has 0 radical (unpaired) electrons. The maximum atomic E-state index is 11.0. The van der Waals surface area contributed by atoms with E-state index in [1.54, 1.807) is 17.8 Å². The van der Waals surface area contributed by atoms with Crippen LogP contribution in [0.4, 0.5) is 0 Å². The fourth-order valence-electron chi connectivity index (χ4n) is 1.18. The quantitative estimate of drug-likeness (QED) is 0.695. The van der Waals surface area contributed by atoms with Gasteiger partial charge in [-0.25, -0.2) is 4.63 Å². The summed E-state index contributed by atoms with van der Waals surface area (Å²) >= 11 is 0. The van der Waals surface area contributed by atoms with Gasteiger partial charge in [0.25, 0.3) is 0 Å². The number of aromatic nitrogens is 4. The molecule has 0 fully saturated rings. The third-order valence-electron chi connectivity index (χ3n) is 2.10. The van der Waals surface area contributed by atoms with Crippen molar-refractivity contribution in [1.82, 2.24) is 20.1 Å². The molecule has 2 rings (SSSR count). The third-order valence-corrected chi connectivity index (χ3v) is 2.10. The van der Waals surface area contributed by atoms with Gasteiger partial charge in [0, 0.05) is 6.20 Å². The lowest BCUT2D eigenvalue weighted by Crippen LogP contribution is -2.01. The van der Waals surface area contributed by atoms with Gasteiger partial charge in [0.15, 0.2) is 5.78 Å². The Morgan fingerprint density at radius 3 is 2.87 bits per heavy atom. The smallest absolute Gasteiger partial charge is 0.162 e. The van der Waals surface area contributed by atoms with Crippen LogP contribution in [-0.2, 0) is 6.54 Å². The molecule has 0 saturated carbocycles. The van der Waals surface area contributed by atoms with E-state index in [-0.39, 0.29) is 5.78 Å². The number of carbonyl (C=O) groups is 1. The zero-order valence-corrected chi connectivity index (χ0v) is 8.47. The summed E-state index contributed by atoms with van der Waals surface area (Å²) in [5.41, 5.74) is 2.03. The van der Waals surface area contributed by atoms with Gasteiger partial charge in [0.1, 0.15) is 11.4 Å². The Kier molecular flexibility index (Phi) is 2.32. The summed E-state index contributed by atoms with van der Waals surface area (Å²) in [5, 5.41) is 11.4. The standard InChI is InChI=1S/C9H10N4O2/c1-6-9(12-15-11-6)5-13-4-8(3-10-13)7(2)14/h3-4H,5H2,1-2H3. The number of nitrogens with zero attached hydrogens (tertiary/aromatic N) is 4. The number of aryl methyl sites for hydroxylation is 1. The SMILES string of the molecule is CC(=O)c1cnn(Cc2nonc2C)c1. The molecular weight excluding hydrogens is 196 g/mol. The average molecular weight is 206 g/mol. The summed E-state index contributed by atoms with van der Waals surface area (Å²) in [4.78, 5) is 11.0. The van der Waals surface area contributed by atoms with E-state index in [2.05, 4.69) is 20.0 Å². The van der Waals surface area contributed by atoms with E-state index in [1.165, 1.54) is 13.1 Å². The molecule has 6 heteroatoms. The van der Waals surface area contributed by atoms with Crippen molar-refractivity contribution < 1.29 is 9.42 Å². The van der Waals surface area contributed by atoms with Gasteiger partial charge >= 0.3 is 0 Å². The molecule has 0 bridgehead atoms. The van der Waals surface area contributed by atoms with Crippen LogP contribution in [-0.4, -0.2) is 25.9 Å². The van der Waals surface area contributed by atoms with Crippen LogP contribution in [0.2, 0.25) is 0 Å². The number of ketones is 1. The van der Waals surface area contributed by atoms with Gasteiger partial charge in [-0.3, -0.25) is 9.48 Å². The number of carbonyl (C=O) groups excluding carboxylic acids is 1. The predicted octanol–water partition coefficient (Wildman–Crippen LogP) is 0.825. The molecule has 0 amide bonds. The van der Waals surface area contributed by atoms with E-state index in [0.717, 1.165) is 5.69 Å². The molecule has 0 aliphatic rings. The molecular formula is C9H10N4O2. The summed E-state index contributed by atoms with van der Waals surface area (Å²) in [5.74, 6) is -0.00347. The monoisotopic (exact) mass is 206 g/mol. The minimum absolute atomic E-state index is 0.00347. The highest BCUT2D eigenvalue weighted by molar-refractivity contribution is 5.93. The first-order valence-corrected chi connectivity index (χ1v) is 4.48. The third kappa shape index (κ3) is 1.93. The highest BCUT2D eigenvalue weighted by atomic mass is 16.6. The topological polar surface area (TPSA) is 73.8 Å². The maximum absolute atomic E-state index is 11.0. The van der Waals surface area contributed by atoms with Crippen LogP contribution in [0.15, 0.2) is 17.0 Å². The fourth-order valence-corrected chi connectivity index (χ4v) is 1.18. The highest BCUT2D eigenvalue weighted by Crippen LogP contribution is 2.05. The summed E-state index contributed by atoms with van der Waals surface area (Å²) < 4.78 is 6.19. The Hall–Kier alpha value is -1.98. The molecule has 0 aromatic carbocycles. The van der Waals surface area contributed by atoms with Crippen molar-refractivity contribution in [3.8, 4) is 0 Å². The maximum Gasteiger partial charge on any atom is 0.162 e. The van der Waals surface area contributed by atoms with E-state index < -0.39 is 0 Å². The lowest BCUT2D eigenvalue weighted by molar-refractivity contribution is 0.101. The van der Waals surface area contributed by atoms with Gasteiger partial charge in [-0.15, -0.1) is 0 Å². The number of hydrogen-bond donors (Lipinski definition) is 0. The first-order chi connectivity index (χ1) is 7.16. The molecule has 15 heavy (non-hydrogen) atoms. The van der Waals surface area contributed by atoms with Crippen molar-refractivity contribution in [2.75, 3.05) is 0 Å². The molecule has 0 spiro atoms. The van der Waals surface area contributed by atoms with E-state index in [1.807, 2.05) is 0 Å². The van der Waals surface area contributed by atoms with Crippen LogP contribution < -0.4 is 0 Å². The summed E-state index contributed by atoms with van der Waals surface area (Å²) in [6, 6.07) is 0. The van der Waals surface area contributed by atoms with Crippen LogP contribution in [0, 0.1) is 6.92 Å². The van der Waals surface area contributed by atoms with Gasteiger partial charge < -0.3 is 0 Å². The molecule has 0 aliphatic heterocycles. The molecule has 78 valence electrons. The zero-order chi connectivity index (χ0) is 10.8. The number of rotatable bonds is 3. The normalized spacial score (nSPS) is 10.5.